The Kier molecular flexibility index (Phi) is 5.29. The first-order chi connectivity index (χ1) is 8.19. The molecule has 1 aromatic carbocycles. The van der Waals surface area contributed by atoms with Crippen molar-refractivity contribution in [2.24, 2.45) is 0 Å². The van der Waals surface area contributed by atoms with E-state index in [1.165, 1.54) is 7.11 Å². The third-order valence-corrected chi connectivity index (χ3v) is 2.31. The van der Waals surface area contributed by atoms with E-state index in [9.17, 15) is 4.79 Å². The minimum atomic E-state index is -0.386. The van der Waals surface area contributed by atoms with Crippen LogP contribution in [-0.4, -0.2) is 33.3 Å². The summed E-state index contributed by atoms with van der Waals surface area (Å²) in [5.41, 5.74) is 7.62. The summed E-state index contributed by atoms with van der Waals surface area (Å²) in [7, 11) is 3.01. The van der Waals surface area contributed by atoms with E-state index in [1.54, 1.807) is 25.3 Å². The van der Waals surface area contributed by atoms with Crippen molar-refractivity contribution in [3.05, 3.63) is 23.8 Å². The van der Waals surface area contributed by atoms with Crippen molar-refractivity contribution in [3.8, 4) is 0 Å². The smallest absolute Gasteiger partial charge is 0.337 e. The molecule has 0 fully saturated rings. The lowest BCUT2D eigenvalue weighted by Gasteiger charge is -2.10. The lowest BCUT2D eigenvalue weighted by molar-refractivity contribution is 0.0601. The first-order valence-electron chi connectivity index (χ1n) is 5.39. The van der Waals surface area contributed by atoms with Gasteiger partial charge >= 0.3 is 5.97 Å². The number of carbonyl (C=O) groups excluding carboxylic acids is 1. The molecule has 0 bridgehead atoms. The van der Waals surface area contributed by atoms with Gasteiger partial charge in [-0.25, -0.2) is 4.79 Å². The van der Waals surface area contributed by atoms with E-state index in [2.05, 4.69) is 10.1 Å². The van der Waals surface area contributed by atoms with Crippen LogP contribution in [0.5, 0.6) is 0 Å². The fourth-order valence-corrected chi connectivity index (χ4v) is 1.41. The Balaban J connectivity index is 2.60. The van der Waals surface area contributed by atoms with Gasteiger partial charge in [-0.2, -0.15) is 0 Å². The lowest BCUT2D eigenvalue weighted by atomic mass is 10.1. The van der Waals surface area contributed by atoms with Gasteiger partial charge in [-0.3, -0.25) is 0 Å². The molecule has 0 heterocycles. The number of ether oxygens (including phenoxy) is 2. The second-order valence-corrected chi connectivity index (χ2v) is 3.57. The highest BCUT2D eigenvalue weighted by molar-refractivity contribution is 5.91. The van der Waals surface area contributed by atoms with Crippen LogP contribution in [0.15, 0.2) is 18.2 Å². The van der Waals surface area contributed by atoms with E-state index in [0.29, 0.717) is 17.9 Å². The summed E-state index contributed by atoms with van der Waals surface area (Å²) in [5.74, 6) is -0.386. The van der Waals surface area contributed by atoms with Gasteiger partial charge in [-0.1, -0.05) is 0 Å². The molecule has 0 radical (unpaired) electrons. The summed E-state index contributed by atoms with van der Waals surface area (Å²) in [6, 6.07) is 5.06. The second kappa shape index (κ2) is 6.75. The number of carbonyl (C=O) groups is 1. The molecule has 0 unspecified atom stereocenters. The highest BCUT2D eigenvalue weighted by Gasteiger charge is 2.07. The van der Waals surface area contributed by atoms with E-state index in [0.717, 1.165) is 18.7 Å². The van der Waals surface area contributed by atoms with Gasteiger partial charge in [-0.15, -0.1) is 0 Å². The van der Waals surface area contributed by atoms with Crippen LogP contribution >= 0.6 is 0 Å². The van der Waals surface area contributed by atoms with E-state index >= 15 is 0 Å². The number of hydrogen-bond donors (Lipinski definition) is 2. The summed E-state index contributed by atoms with van der Waals surface area (Å²) in [6.45, 7) is 1.47. The quantitative estimate of drug-likeness (QED) is 0.446. The Morgan fingerprint density at radius 1 is 1.41 bits per heavy atom. The zero-order valence-corrected chi connectivity index (χ0v) is 10.2. The maximum atomic E-state index is 11.3. The molecule has 3 N–H and O–H groups in total. The topological polar surface area (TPSA) is 73.6 Å². The fraction of sp³-hybridized carbons (Fsp3) is 0.417. The van der Waals surface area contributed by atoms with Gasteiger partial charge in [0.05, 0.1) is 24.0 Å². The Bertz CT molecular complexity index is 380. The number of methoxy groups -OCH3 is 2. The van der Waals surface area contributed by atoms with Crippen molar-refractivity contribution < 1.29 is 14.3 Å². The molecular formula is C12H18N2O3. The SMILES string of the molecule is COCCCNc1ccc(C(=O)OC)cc1N. The summed E-state index contributed by atoms with van der Waals surface area (Å²) >= 11 is 0. The Morgan fingerprint density at radius 3 is 2.76 bits per heavy atom. The fourth-order valence-electron chi connectivity index (χ4n) is 1.41. The van der Waals surface area contributed by atoms with Gasteiger partial charge in [0, 0.05) is 20.3 Å². The summed E-state index contributed by atoms with van der Waals surface area (Å²) in [4.78, 5) is 11.3. The second-order valence-electron chi connectivity index (χ2n) is 3.57. The van der Waals surface area contributed by atoms with Crippen molar-refractivity contribution >= 4 is 17.3 Å². The third kappa shape index (κ3) is 3.96. The van der Waals surface area contributed by atoms with Gasteiger partial charge in [0.15, 0.2) is 0 Å². The molecule has 1 aromatic rings. The molecule has 94 valence electrons. The maximum Gasteiger partial charge on any atom is 0.337 e. The van der Waals surface area contributed by atoms with Gasteiger partial charge in [-0.05, 0) is 24.6 Å². The number of hydrogen-bond acceptors (Lipinski definition) is 5. The molecule has 0 saturated carbocycles. The van der Waals surface area contributed by atoms with Crippen LogP contribution in [-0.2, 0) is 9.47 Å². The summed E-state index contributed by atoms with van der Waals surface area (Å²) in [5, 5.41) is 3.17. The molecule has 1 rings (SSSR count). The number of nitrogens with two attached hydrogens (primary N) is 1. The predicted molar refractivity (Wildman–Crippen MR) is 67.2 cm³/mol. The van der Waals surface area contributed by atoms with Crippen molar-refractivity contribution in [3.63, 3.8) is 0 Å². The summed E-state index contributed by atoms with van der Waals surface area (Å²) < 4.78 is 9.56. The Morgan fingerprint density at radius 2 is 2.18 bits per heavy atom. The third-order valence-electron chi connectivity index (χ3n) is 2.31. The van der Waals surface area contributed by atoms with E-state index in [1.807, 2.05) is 0 Å². The Labute approximate surface area is 101 Å². The molecule has 0 aliphatic rings. The molecule has 0 atom stereocenters. The van der Waals surface area contributed by atoms with Gasteiger partial charge < -0.3 is 20.5 Å². The molecule has 0 saturated heterocycles. The summed E-state index contributed by atoms with van der Waals surface area (Å²) in [6.07, 6.45) is 0.898. The van der Waals surface area contributed by atoms with Gasteiger partial charge in [0.1, 0.15) is 0 Å². The van der Waals surface area contributed by atoms with E-state index in [4.69, 9.17) is 10.5 Å². The van der Waals surface area contributed by atoms with Crippen molar-refractivity contribution in [2.45, 2.75) is 6.42 Å². The monoisotopic (exact) mass is 238 g/mol. The maximum absolute atomic E-state index is 11.3. The molecule has 0 spiro atoms. The van der Waals surface area contributed by atoms with Crippen LogP contribution in [0.25, 0.3) is 0 Å². The van der Waals surface area contributed by atoms with Crippen molar-refractivity contribution in [1.29, 1.82) is 0 Å². The molecule has 5 nitrogen and oxygen atoms in total. The average Bonchev–Trinajstić information content (AvgIpc) is 2.35. The molecule has 17 heavy (non-hydrogen) atoms. The molecule has 5 heteroatoms. The van der Waals surface area contributed by atoms with E-state index in [-0.39, 0.29) is 5.97 Å². The number of anilines is 2. The first-order valence-corrected chi connectivity index (χ1v) is 5.39. The van der Waals surface area contributed by atoms with E-state index < -0.39 is 0 Å². The first kappa shape index (κ1) is 13.3. The Hall–Kier alpha value is -1.75. The van der Waals surface area contributed by atoms with Crippen molar-refractivity contribution in [2.75, 3.05) is 38.4 Å². The number of esters is 1. The highest BCUT2D eigenvalue weighted by atomic mass is 16.5. The van der Waals surface area contributed by atoms with Crippen LogP contribution in [0.2, 0.25) is 0 Å². The van der Waals surface area contributed by atoms with Crippen LogP contribution in [0, 0.1) is 0 Å². The normalized spacial score (nSPS) is 10.0. The van der Waals surface area contributed by atoms with Crippen LogP contribution in [0.1, 0.15) is 16.8 Å². The molecular weight excluding hydrogens is 220 g/mol. The number of nitrogen functional groups attached to an aromatic ring is 1. The standard InChI is InChI=1S/C12H18N2O3/c1-16-7-3-6-14-11-5-4-9(8-10(11)13)12(15)17-2/h4-5,8,14H,3,6-7,13H2,1-2H3. The minimum Gasteiger partial charge on any atom is -0.465 e. The molecule has 0 aliphatic heterocycles. The predicted octanol–water partition coefficient (Wildman–Crippen LogP) is 1.50. The molecule has 0 aromatic heterocycles. The van der Waals surface area contributed by atoms with Crippen LogP contribution in [0.4, 0.5) is 11.4 Å². The van der Waals surface area contributed by atoms with Gasteiger partial charge in [0.2, 0.25) is 0 Å². The number of rotatable bonds is 6. The molecule has 0 amide bonds. The van der Waals surface area contributed by atoms with Crippen LogP contribution < -0.4 is 11.1 Å². The zero-order valence-electron chi connectivity index (χ0n) is 10.2. The lowest BCUT2D eigenvalue weighted by Crippen LogP contribution is -2.08. The zero-order chi connectivity index (χ0) is 12.7. The minimum absolute atomic E-state index is 0.386. The molecule has 0 aliphatic carbocycles. The van der Waals surface area contributed by atoms with Gasteiger partial charge in [0.25, 0.3) is 0 Å². The highest BCUT2D eigenvalue weighted by Crippen LogP contribution is 2.20. The largest absolute Gasteiger partial charge is 0.465 e. The number of nitrogens with one attached hydrogen (secondary N) is 1. The average molecular weight is 238 g/mol. The number of benzene rings is 1. The van der Waals surface area contributed by atoms with Crippen molar-refractivity contribution in [1.82, 2.24) is 0 Å². The van der Waals surface area contributed by atoms with Crippen LogP contribution in [0.3, 0.4) is 0 Å².